The Bertz CT molecular complexity index is 1330. The molecule has 210 valence electrons. The highest BCUT2D eigenvalue weighted by Crippen LogP contribution is 2.37. The molecule has 3 aliphatic heterocycles. The number of hydrogen-bond donors (Lipinski definition) is 1. The predicted molar refractivity (Wildman–Crippen MR) is 145 cm³/mol. The van der Waals surface area contributed by atoms with Gasteiger partial charge in [-0.05, 0) is 48.2 Å². The van der Waals surface area contributed by atoms with Crippen LogP contribution in [0.4, 0.5) is 13.6 Å². The third-order valence-electron chi connectivity index (χ3n) is 8.16. The summed E-state index contributed by atoms with van der Waals surface area (Å²) >= 11 is 0. The minimum absolute atomic E-state index is 0.104. The van der Waals surface area contributed by atoms with Crippen molar-refractivity contribution in [1.82, 2.24) is 24.9 Å². The number of rotatable bonds is 8. The molecule has 2 atom stereocenters. The zero-order valence-corrected chi connectivity index (χ0v) is 22.5. The smallest absolute Gasteiger partial charge is 0.410 e. The molecule has 2 fully saturated rings. The molecule has 9 nitrogen and oxygen atoms in total. The Hall–Kier alpha value is -4.04. The van der Waals surface area contributed by atoms with E-state index in [9.17, 15) is 18.8 Å². The maximum absolute atomic E-state index is 13.4. The van der Waals surface area contributed by atoms with E-state index < -0.39 is 17.7 Å². The number of nitriles is 1. The third kappa shape index (κ3) is 5.63. The molecule has 0 aliphatic carbocycles. The Morgan fingerprint density at radius 1 is 1.32 bits per heavy atom. The summed E-state index contributed by atoms with van der Waals surface area (Å²) < 4.78 is 34.0. The van der Waals surface area contributed by atoms with Crippen LogP contribution in [-0.2, 0) is 16.9 Å². The molecule has 2 saturated heterocycles. The number of benzene rings is 1. The predicted octanol–water partition coefficient (Wildman–Crippen LogP) is 4.27. The van der Waals surface area contributed by atoms with Crippen LogP contribution in [-0.4, -0.2) is 63.7 Å². The monoisotopic (exact) mass is 549 g/mol. The average molecular weight is 550 g/mol. The standard InChI is InChI=1S/C29H33F2N7O2/c1-3-33-27-26(4-9-34-27)20(2)22-15-35-38(16-22)29(7-8-32)18-37(19-29)25-5-10-36(11-6-25)28(39)40-17-21-12-23(30)14-24(31)13-21/h3-4,9,12-16,20,25-26H,1,5-7,10-11,17-19H2,2H3,(H,33,34). The van der Waals surface area contributed by atoms with Gasteiger partial charge in [0.15, 0.2) is 0 Å². The SMILES string of the molecule is C=C/N=C1/NC=CC1C(C)c1cnn(C2(CC#N)CN(C3CCN(C(=O)OCc4cc(F)cc(F)c4)CC3)C2)c1. The molecule has 1 N–H and O–H groups in total. The lowest BCUT2D eigenvalue weighted by Gasteiger charge is -2.53. The first-order valence-electron chi connectivity index (χ1n) is 13.5. The molecule has 4 heterocycles. The van der Waals surface area contributed by atoms with Crippen LogP contribution in [0.25, 0.3) is 0 Å². The van der Waals surface area contributed by atoms with Gasteiger partial charge in [0.2, 0.25) is 0 Å². The maximum atomic E-state index is 13.4. The van der Waals surface area contributed by atoms with Gasteiger partial charge in [0, 0.05) is 56.6 Å². The summed E-state index contributed by atoms with van der Waals surface area (Å²) in [7, 11) is 0. The number of piperidine rings is 1. The van der Waals surface area contributed by atoms with Crippen LogP contribution in [0.1, 0.15) is 43.2 Å². The fourth-order valence-electron chi connectivity index (χ4n) is 5.89. The van der Waals surface area contributed by atoms with Crippen molar-refractivity contribution in [3.8, 4) is 6.07 Å². The number of carbonyl (C=O) groups excluding carboxylic acids is 1. The molecule has 0 saturated carbocycles. The van der Waals surface area contributed by atoms with E-state index in [1.165, 1.54) is 6.20 Å². The van der Waals surface area contributed by atoms with E-state index in [1.54, 1.807) is 4.90 Å². The van der Waals surface area contributed by atoms with Crippen LogP contribution in [0.3, 0.4) is 0 Å². The summed E-state index contributed by atoms with van der Waals surface area (Å²) in [5.41, 5.74) is 0.969. The number of carbonyl (C=O) groups is 1. The van der Waals surface area contributed by atoms with E-state index in [-0.39, 0.29) is 35.6 Å². The lowest BCUT2D eigenvalue weighted by molar-refractivity contribution is -0.0426. The highest BCUT2D eigenvalue weighted by molar-refractivity contribution is 5.90. The van der Waals surface area contributed by atoms with Crippen molar-refractivity contribution in [1.29, 1.82) is 5.26 Å². The summed E-state index contributed by atoms with van der Waals surface area (Å²) in [4.78, 5) is 20.9. The summed E-state index contributed by atoms with van der Waals surface area (Å²) in [6.45, 7) is 8.14. The summed E-state index contributed by atoms with van der Waals surface area (Å²) in [5.74, 6) is -0.296. The molecule has 1 amide bonds. The highest BCUT2D eigenvalue weighted by atomic mass is 19.1. The van der Waals surface area contributed by atoms with Gasteiger partial charge in [0.05, 0.1) is 18.7 Å². The van der Waals surface area contributed by atoms with E-state index >= 15 is 0 Å². The van der Waals surface area contributed by atoms with Crippen molar-refractivity contribution in [3.63, 3.8) is 0 Å². The molecule has 0 spiro atoms. The van der Waals surface area contributed by atoms with Gasteiger partial charge in [-0.25, -0.2) is 18.6 Å². The lowest BCUT2D eigenvalue weighted by atomic mass is 9.83. The number of likely N-dealkylation sites (tertiary alicyclic amines) is 2. The van der Waals surface area contributed by atoms with Crippen molar-refractivity contribution in [3.05, 3.63) is 78.4 Å². The number of nitrogens with zero attached hydrogens (tertiary/aromatic N) is 6. The molecule has 1 aromatic heterocycles. The van der Waals surface area contributed by atoms with Gasteiger partial charge in [0.1, 0.15) is 29.6 Å². The normalized spacial score (nSPS) is 22.4. The zero-order valence-electron chi connectivity index (χ0n) is 22.5. The first-order valence-corrected chi connectivity index (χ1v) is 13.5. The molecular weight excluding hydrogens is 516 g/mol. The van der Waals surface area contributed by atoms with Gasteiger partial charge in [0.25, 0.3) is 0 Å². The van der Waals surface area contributed by atoms with Gasteiger partial charge in [-0.1, -0.05) is 19.6 Å². The zero-order chi connectivity index (χ0) is 28.3. The Kier molecular flexibility index (Phi) is 7.98. The van der Waals surface area contributed by atoms with Crippen LogP contribution in [0.2, 0.25) is 0 Å². The Morgan fingerprint density at radius 3 is 2.73 bits per heavy atom. The highest BCUT2D eigenvalue weighted by Gasteiger charge is 2.48. The Labute approximate surface area is 232 Å². The minimum Gasteiger partial charge on any atom is -0.445 e. The molecule has 2 unspecified atom stereocenters. The second-order valence-electron chi connectivity index (χ2n) is 10.7. The first kappa shape index (κ1) is 27.5. The number of aliphatic imine (C=N–C) groups is 1. The van der Waals surface area contributed by atoms with E-state index in [0.717, 1.165) is 42.4 Å². The first-order chi connectivity index (χ1) is 19.3. The number of halogens is 2. The molecule has 0 radical (unpaired) electrons. The Morgan fingerprint density at radius 2 is 2.05 bits per heavy atom. The Balaban J connectivity index is 1.14. The number of aromatic nitrogens is 2. The van der Waals surface area contributed by atoms with Crippen LogP contribution >= 0.6 is 0 Å². The van der Waals surface area contributed by atoms with Crippen molar-refractivity contribution in [2.45, 2.75) is 50.3 Å². The summed E-state index contributed by atoms with van der Waals surface area (Å²) in [6, 6.07) is 5.73. The molecule has 5 rings (SSSR count). The molecular formula is C29H33F2N7O2. The van der Waals surface area contributed by atoms with Gasteiger partial charge < -0.3 is 15.0 Å². The lowest BCUT2D eigenvalue weighted by Crippen LogP contribution is -2.66. The molecule has 2 aromatic rings. The van der Waals surface area contributed by atoms with E-state index in [4.69, 9.17) is 4.74 Å². The molecule has 3 aliphatic rings. The molecule has 11 heteroatoms. The van der Waals surface area contributed by atoms with Gasteiger partial charge in [-0.15, -0.1) is 0 Å². The maximum Gasteiger partial charge on any atom is 0.410 e. The van der Waals surface area contributed by atoms with Crippen molar-refractivity contribution >= 4 is 11.9 Å². The fraction of sp³-hybridized carbons (Fsp3) is 0.448. The van der Waals surface area contributed by atoms with Crippen LogP contribution < -0.4 is 5.32 Å². The van der Waals surface area contributed by atoms with E-state index in [1.807, 2.05) is 17.1 Å². The molecule has 1 aromatic carbocycles. The number of ether oxygens (including phenoxy) is 1. The van der Waals surface area contributed by atoms with Gasteiger partial charge in [-0.2, -0.15) is 10.4 Å². The van der Waals surface area contributed by atoms with Crippen molar-refractivity contribution in [2.75, 3.05) is 26.2 Å². The van der Waals surface area contributed by atoms with Crippen LogP contribution in [0, 0.1) is 28.9 Å². The second-order valence-corrected chi connectivity index (χ2v) is 10.7. The largest absolute Gasteiger partial charge is 0.445 e. The molecule has 0 bridgehead atoms. The number of amides is 1. The molecule has 40 heavy (non-hydrogen) atoms. The average Bonchev–Trinajstić information content (AvgIpc) is 3.59. The summed E-state index contributed by atoms with van der Waals surface area (Å²) in [6.07, 6.45) is 10.9. The van der Waals surface area contributed by atoms with Crippen molar-refractivity contribution in [2.24, 2.45) is 10.9 Å². The number of amidine groups is 1. The topological polar surface area (TPSA) is 98.8 Å². The third-order valence-corrected chi connectivity index (χ3v) is 8.16. The van der Waals surface area contributed by atoms with Gasteiger partial charge in [-0.3, -0.25) is 9.58 Å². The summed E-state index contributed by atoms with van der Waals surface area (Å²) in [5, 5.41) is 17.5. The fourth-order valence-corrected chi connectivity index (χ4v) is 5.89. The van der Waals surface area contributed by atoms with Gasteiger partial charge >= 0.3 is 6.09 Å². The quantitative estimate of drug-likeness (QED) is 0.528. The number of hydrogen-bond acceptors (Lipinski definition) is 6. The van der Waals surface area contributed by atoms with Crippen LogP contribution in [0.5, 0.6) is 0 Å². The van der Waals surface area contributed by atoms with E-state index in [2.05, 4.69) is 52.2 Å². The van der Waals surface area contributed by atoms with E-state index in [0.29, 0.717) is 32.6 Å². The second kappa shape index (κ2) is 11.6. The minimum atomic E-state index is -0.704. The van der Waals surface area contributed by atoms with Crippen LogP contribution in [0.15, 0.2) is 60.6 Å². The number of nitrogens with one attached hydrogen (secondary N) is 1. The van der Waals surface area contributed by atoms with Crippen molar-refractivity contribution < 1.29 is 18.3 Å².